The Hall–Kier alpha value is -0.410. The summed E-state index contributed by atoms with van der Waals surface area (Å²) >= 11 is 0. The number of likely N-dealkylation sites (N-methyl/N-ethyl adjacent to an activating group) is 1. The van der Waals surface area contributed by atoms with Crippen molar-refractivity contribution in [2.75, 3.05) is 26.7 Å². The minimum absolute atomic E-state index is 0.0632. The second-order valence-electron chi connectivity index (χ2n) is 7.58. The average molecular weight is 264 g/mol. The van der Waals surface area contributed by atoms with Crippen molar-refractivity contribution in [1.82, 2.24) is 9.80 Å². The van der Waals surface area contributed by atoms with Gasteiger partial charge in [-0.05, 0) is 45.7 Å². The number of hydrogen-bond acceptors (Lipinski definition) is 3. The van der Waals surface area contributed by atoms with Gasteiger partial charge in [-0.1, -0.05) is 13.8 Å². The lowest BCUT2D eigenvalue weighted by molar-refractivity contribution is -0.128. The summed E-state index contributed by atoms with van der Waals surface area (Å²) in [5.74, 6) is 0.812. The van der Waals surface area contributed by atoms with Crippen LogP contribution in [-0.4, -0.2) is 54.3 Å². The molecule has 0 aromatic carbocycles. The van der Waals surface area contributed by atoms with Crippen molar-refractivity contribution >= 4 is 5.78 Å². The summed E-state index contributed by atoms with van der Waals surface area (Å²) in [4.78, 5) is 17.5. The van der Waals surface area contributed by atoms with Gasteiger partial charge in [0.25, 0.3) is 0 Å². The number of rotatable bonds is 2. The molecule has 3 rings (SSSR count). The molecule has 3 unspecified atom stereocenters. The molecule has 2 saturated heterocycles. The maximum atomic E-state index is 12.4. The molecule has 3 heteroatoms. The van der Waals surface area contributed by atoms with Gasteiger partial charge < -0.3 is 4.90 Å². The molecule has 0 N–H and O–H groups in total. The van der Waals surface area contributed by atoms with Crippen LogP contribution in [0.5, 0.6) is 0 Å². The third kappa shape index (κ3) is 2.47. The molecule has 0 aromatic heterocycles. The van der Waals surface area contributed by atoms with E-state index in [1.54, 1.807) is 0 Å². The second-order valence-corrected chi connectivity index (χ2v) is 7.58. The van der Waals surface area contributed by atoms with Crippen molar-refractivity contribution in [2.24, 2.45) is 11.3 Å². The van der Waals surface area contributed by atoms with E-state index in [1.807, 2.05) is 0 Å². The quantitative estimate of drug-likeness (QED) is 0.763. The first-order valence-electron chi connectivity index (χ1n) is 7.96. The fourth-order valence-electron chi connectivity index (χ4n) is 4.37. The molecule has 3 aliphatic rings. The van der Waals surface area contributed by atoms with E-state index < -0.39 is 0 Å². The van der Waals surface area contributed by atoms with Crippen LogP contribution < -0.4 is 0 Å². The van der Waals surface area contributed by atoms with Gasteiger partial charge >= 0.3 is 0 Å². The van der Waals surface area contributed by atoms with Gasteiger partial charge in [0.1, 0.15) is 5.78 Å². The third-order valence-corrected chi connectivity index (χ3v) is 5.87. The first-order valence-corrected chi connectivity index (χ1v) is 7.96. The summed E-state index contributed by atoms with van der Waals surface area (Å²) < 4.78 is 0. The molecule has 3 atom stereocenters. The van der Waals surface area contributed by atoms with Crippen LogP contribution in [0, 0.1) is 11.3 Å². The topological polar surface area (TPSA) is 23.6 Å². The van der Waals surface area contributed by atoms with Crippen LogP contribution in [0.1, 0.15) is 46.0 Å². The normalized spacial score (nSPS) is 39.7. The molecule has 1 aliphatic carbocycles. The Kier molecular flexibility index (Phi) is 3.46. The van der Waals surface area contributed by atoms with E-state index in [0.29, 0.717) is 11.7 Å². The molecule has 19 heavy (non-hydrogen) atoms. The number of Topliss-reactive ketones (excluding diaryl/α,β-unsaturated/α-hetero) is 1. The van der Waals surface area contributed by atoms with Gasteiger partial charge in [0.05, 0.1) is 0 Å². The van der Waals surface area contributed by atoms with Gasteiger partial charge in [-0.15, -0.1) is 0 Å². The predicted octanol–water partition coefficient (Wildman–Crippen LogP) is 2.16. The van der Waals surface area contributed by atoms with Gasteiger partial charge in [0, 0.05) is 36.5 Å². The number of nitrogens with zero attached hydrogens (tertiary/aromatic N) is 2. The largest absolute Gasteiger partial charge is 0.301 e. The van der Waals surface area contributed by atoms with Crippen LogP contribution in [0.2, 0.25) is 0 Å². The molecule has 3 fully saturated rings. The van der Waals surface area contributed by atoms with Gasteiger partial charge in [-0.3, -0.25) is 9.69 Å². The highest BCUT2D eigenvalue weighted by Crippen LogP contribution is 2.38. The molecule has 2 bridgehead atoms. The molecular formula is C16H28N2O. The Bertz CT molecular complexity index is 366. The molecular weight excluding hydrogens is 236 g/mol. The van der Waals surface area contributed by atoms with Crippen molar-refractivity contribution in [3.05, 3.63) is 0 Å². The molecule has 3 nitrogen and oxygen atoms in total. The summed E-state index contributed by atoms with van der Waals surface area (Å²) in [6.45, 7) is 7.62. The molecule has 0 aromatic rings. The number of ketones is 1. The lowest BCUT2D eigenvalue weighted by Crippen LogP contribution is -2.40. The summed E-state index contributed by atoms with van der Waals surface area (Å²) in [5, 5.41) is 0. The van der Waals surface area contributed by atoms with Gasteiger partial charge in [-0.2, -0.15) is 0 Å². The molecule has 2 heterocycles. The SMILES string of the molecule is CN1C2CCC1CN(CC1CCC(C)(C)C1=O)CC2. The van der Waals surface area contributed by atoms with Gasteiger partial charge in [0.2, 0.25) is 0 Å². The van der Waals surface area contributed by atoms with Crippen LogP contribution in [0.15, 0.2) is 0 Å². The minimum atomic E-state index is -0.0632. The molecule has 0 radical (unpaired) electrons. The van der Waals surface area contributed by atoms with Crippen LogP contribution in [0.4, 0.5) is 0 Å². The van der Waals surface area contributed by atoms with E-state index in [9.17, 15) is 4.79 Å². The maximum absolute atomic E-state index is 12.4. The van der Waals surface area contributed by atoms with Crippen molar-refractivity contribution in [1.29, 1.82) is 0 Å². The fraction of sp³-hybridized carbons (Fsp3) is 0.938. The van der Waals surface area contributed by atoms with Crippen molar-refractivity contribution < 1.29 is 4.79 Å². The van der Waals surface area contributed by atoms with E-state index in [2.05, 4.69) is 30.7 Å². The summed E-state index contributed by atoms with van der Waals surface area (Å²) in [7, 11) is 2.29. The van der Waals surface area contributed by atoms with E-state index in [4.69, 9.17) is 0 Å². The van der Waals surface area contributed by atoms with E-state index in [1.165, 1.54) is 32.4 Å². The van der Waals surface area contributed by atoms with Crippen molar-refractivity contribution in [2.45, 2.75) is 58.0 Å². The number of carbonyl (C=O) groups is 1. The maximum Gasteiger partial charge on any atom is 0.142 e. The summed E-state index contributed by atoms with van der Waals surface area (Å²) in [6, 6.07) is 1.53. The standard InChI is InChI=1S/C16H28N2O/c1-16(2)8-6-12(15(16)19)10-18-9-7-13-4-5-14(11-18)17(13)3/h12-14H,4-11H2,1-3H3. The second kappa shape index (κ2) is 4.85. The lowest BCUT2D eigenvalue weighted by atomic mass is 9.89. The minimum Gasteiger partial charge on any atom is -0.301 e. The average Bonchev–Trinajstić information content (AvgIpc) is 2.74. The number of fused-ring (bicyclic) bond motifs is 2. The summed E-state index contributed by atoms with van der Waals surface area (Å²) in [5.41, 5.74) is -0.0632. The highest BCUT2D eigenvalue weighted by molar-refractivity contribution is 5.88. The number of likely N-dealkylation sites (tertiary alicyclic amines) is 1. The zero-order valence-corrected chi connectivity index (χ0v) is 12.7. The van der Waals surface area contributed by atoms with Crippen LogP contribution in [-0.2, 0) is 4.79 Å². The molecule has 1 saturated carbocycles. The molecule has 2 aliphatic heterocycles. The Labute approximate surface area is 117 Å². The van der Waals surface area contributed by atoms with Crippen molar-refractivity contribution in [3.63, 3.8) is 0 Å². The molecule has 0 amide bonds. The first kappa shape index (κ1) is 13.6. The van der Waals surface area contributed by atoms with E-state index >= 15 is 0 Å². The Morgan fingerprint density at radius 2 is 1.89 bits per heavy atom. The smallest absolute Gasteiger partial charge is 0.142 e. The lowest BCUT2D eigenvalue weighted by Gasteiger charge is -2.28. The molecule has 108 valence electrons. The number of hydrogen-bond donors (Lipinski definition) is 0. The summed E-state index contributed by atoms with van der Waals surface area (Å²) in [6.07, 6.45) is 6.20. The third-order valence-electron chi connectivity index (χ3n) is 5.87. The van der Waals surface area contributed by atoms with Crippen molar-refractivity contribution in [3.8, 4) is 0 Å². The van der Waals surface area contributed by atoms with E-state index in [-0.39, 0.29) is 5.41 Å². The van der Waals surface area contributed by atoms with Gasteiger partial charge in [0.15, 0.2) is 0 Å². The zero-order chi connectivity index (χ0) is 13.6. The fourth-order valence-corrected chi connectivity index (χ4v) is 4.37. The highest BCUT2D eigenvalue weighted by Gasteiger charge is 2.42. The predicted molar refractivity (Wildman–Crippen MR) is 77.1 cm³/mol. The number of carbonyl (C=O) groups excluding carboxylic acids is 1. The highest BCUT2D eigenvalue weighted by atomic mass is 16.1. The Morgan fingerprint density at radius 1 is 1.16 bits per heavy atom. The van der Waals surface area contributed by atoms with E-state index in [0.717, 1.165) is 31.5 Å². The zero-order valence-electron chi connectivity index (χ0n) is 12.7. The Balaban J connectivity index is 1.61. The van der Waals surface area contributed by atoms with Crippen LogP contribution >= 0.6 is 0 Å². The molecule has 0 spiro atoms. The first-order chi connectivity index (χ1) is 8.97. The van der Waals surface area contributed by atoms with Crippen LogP contribution in [0.3, 0.4) is 0 Å². The Morgan fingerprint density at radius 3 is 2.58 bits per heavy atom. The van der Waals surface area contributed by atoms with Crippen LogP contribution in [0.25, 0.3) is 0 Å². The van der Waals surface area contributed by atoms with Gasteiger partial charge in [-0.25, -0.2) is 0 Å². The monoisotopic (exact) mass is 264 g/mol.